The SMILES string of the molecule is CCOC(=O)Oc1ccc(C(=O)Nc2cccc(NC(=O)/C=C/c3cccc(Br)c3)c2)cc1. The summed E-state index contributed by atoms with van der Waals surface area (Å²) in [6.45, 7) is 1.88. The molecule has 0 unspecified atom stereocenters. The number of nitrogens with one attached hydrogen (secondary N) is 2. The van der Waals surface area contributed by atoms with Crippen molar-refractivity contribution in [2.45, 2.75) is 6.92 Å². The van der Waals surface area contributed by atoms with E-state index in [1.54, 1.807) is 37.3 Å². The van der Waals surface area contributed by atoms with Crippen molar-refractivity contribution in [3.05, 3.63) is 94.5 Å². The molecule has 0 aliphatic heterocycles. The van der Waals surface area contributed by atoms with Crippen LogP contribution in [0.15, 0.2) is 83.3 Å². The van der Waals surface area contributed by atoms with Gasteiger partial charge in [0.1, 0.15) is 5.75 Å². The zero-order chi connectivity index (χ0) is 23.6. The molecule has 0 saturated carbocycles. The number of hydrogen-bond acceptors (Lipinski definition) is 5. The maximum Gasteiger partial charge on any atom is 0.513 e. The Kier molecular flexibility index (Phi) is 8.37. The summed E-state index contributed by atoms with van der Waals surface area (Å²) in [5.74, 6) is -0.378. The fourth-order valence-corrected chi connectivity index (χ4v) is 3.18. The molecule has 0 saturated heterocycles. The second kappa shape index (κ2) is 11.6. The summed E-state index contributed by atoms with van der Waals surface area (Å²) in [5, 5.41) is 5.54. The summed E-state index contributed by atoms with van der Waals surface area (Å²) in [7, 11) is 0. The Morgan fingerprint density at radius 2 is 1.61 bits per heavy atom. The van der Waals surface area contributed by atoms with Crippen molar-refractivity contribution in [3.63, 3.8) is 0 Å². The van der Waals surface area contributed by atoms with Gasteiger partial charge in [0.15, 0.2) is 0 Å². The topological polar surface area (TPSA) is 93.7 Å². The van der Waals surface area contributed by atoms with Crippen LogP contribution in [0.3, 0.4) is 0 Å². The third-order valence-corrected chi connectivity index (χ3v) is 4.74. The highest BCUT2D eigenvalue weighted by Gasteiger charge is 2.09. The van der Waals surface area contributed by atoms with Gasteiger partial charge in [-0.05, 0) is 73.2 Å². The fourth-order valence-electron chi connectivity index (χ4n) is 2.76. The number of carbonyl (C=O) groups is 3. The molecule has 168 valence electrons. The molecular weight excluding hydrogens is 488 g/mol. The minimum Gasteiger partial charge on any atom is -0.434 e. The Balaban J connectivity index is 1.58. The molecule has 0 fully saturated rings. The van der Waals surface area contributed by atoms with Crippen LogP contribution in [-0.2, 0) is 9.53 Å². The normalized spacial score (nSPS) is 10.5. The summed E-state index contributed by atoms with van der Waals surface area (Å²) >= 11 is 3.39. The minimum atomic E-state index is -0.806. The van der Waals surface area contributed by atoms with Crippen LogP contribution in [0.5, 0.6) is 5.75 Å². The first kappa shape index (κ1) is 23.7. The van der Waals surface area contributed by atoms with E-state index in [1.807, 2.05) is 24.3 Å². The van der Waals surface area contributed by atoms with E-state index >= 15 is 0 Å². The molecule has 7 nitrogen and oxygen atoms in total. The minimum absolute atomic E-state index is 0.208. The smallest absolute Gasteiger partial charge is 0.434 e. The monoisotopic (exact) mass is 508 g/mol. The maximum atomic E-state index is 12.5. The van der Waals surface area contributed by atoms with Crippen molar-refractivity contribution in [3.8, 4) is 5.75 Å². The van der Waals surface area contributed by atoms with Gasteiger partial charge in [-0.15, -0.1) is 0 Å². The number of carbonyl (C=O) groups excluding carboxylic acids is 3. The fraction of sp³-hybridized carbons (Fsp3) is 0.0800. The zero-order valence-corrected chi connectivity index (χ0v) is 19.3. The van der Waals surface area contributed by atoms with Gasteiger partial charge in [-0.2, -0.15) is 0 Å². The highest BCUT2D eigenvalue weighted by Crippen LogP contribution is 2.18. The second-order valence-electron chi connectivity index (χ2n) is 6.72. The molecule has 0 atom stereocenters. The molecule has 33 heavy (non-hydrogen) atoms. The van der Waals surface area contributed by atoms with Crippen LogP contribution in [0.1, 0.15) is 22.8 Å². The van der Waals surface area contributed by atoms with Crippen LogP contribution in [0, 0.1) is 0 Å². The van der Waals surface area contributed by atoms with Crippen molar-refractivity contribution in [2.24, 2.45) is 0 Å². The molecule has 3 aromatic carbocycles. The summed E-state index contributed by atoms with van der Waals surface area (Å²) in [6.07, 6.45) is 2.34. The van der Waals surface area contributed by atoms with Gasteiger partial charge in [-0.1, -0.05) is 34.1 Å². The first-order valence-electron chi connectivity index (χ1n) is 10.0. The van der Waals surface area contributed by atoms with E-state index in [4.69, 9.17) is 9.47 Å². The Morgan fingerprint density at radius 1 is 0.909 bits per heavy atom. The second-order valence-corrected chi connectivity index (χ2v) is 7.64. The molecule has 0 aromatic heterocycles. The highest BCUT2D eigenvalue weighted by atomic mass is 79.9. The lowest BCUT2D eigenvalue weighted by atomic mass is 10.2. The van der Waals surface area contributed by atoms with Crippen molar-refractivity contribution >= 4 is 51.4 Å². The Labute approximate surface area is 199 Å². The molecule has 3 aromatic rings. The van der Waals surface area contributed by atoms with Gasteiger partial charge in [0.25, 0.3) is 5.91 Å². The largest absolute Gasteiger partial charge is 0.513 e. The van der Waals surface area contributed by atoms with Gasteiger partial charge in [0, 0.05) is 27.5 Å². The van der Waals surface area contributed by atoms with E-state index in [2.05, 4.69) is 26.6 Å². The predicted octanol–water partition coefficient (Wildman–Crippen LogP) is 5.89. The average Bonchev–Trinajstić information content (AvgIpc) is 2.78. The third kappa shape index (κ3) is 7.62. The van der Waals surface area contributed by atoms with Crippen LogP contribution in [-0.4, -0.2) is 24.6 Å². The van der Waals surface area contributed by atoms with E-state index in [0.29, 0.717) is 16.9 Å². The van der Waals surface area contributed by atoms with Gasteiger partial charge in [0.05, 0.1) is 6.61 Å². The summed E-state index contributed by atoms with van der Waals surface area (Å²) < 4.78 is 10.6. The number of amides is 2. The molecule has 0 heterocycles. The zero-order valence-electron chi connectivity index (χ0n) is 17.7. The van der Waals surface area contributed by atoms with Crippen molar-refractivity contribution in [2.75, 3.05) is 17.2 Å². The van der Waals surface area contributed by atoms with Crippen LogP contribution in [0.25, 0.3) is 6.08 Å². The lowest BCUT2D eigenvalue weighted by Gasteiger charge is -2.09. The van der Waals surface area contributed by atoms with Crippen molar-refractivity contribution in [1.82, 2.24) is 0 Å². The molecule has 0 radical (unpaired) electrons. The first-order valence-corrected chi connectivity index (χ1v) is 10.8. The van der Waals surface area contributed by atoms with Gasteiger partial charge in [-0.3, -0.25) is 9.59 Å². The molecule has 3 rings (SSSR count). The van der Waals surface area contributed by atoms with E-state index in [1.165, 1.54) is 30.3 Å². The lowest BCUT2D eigenvalue weighted by molar-refractivity contribution is -0.111. The van der Waals surface area contributed by atoms with Crippen LogP contribution < -0.4 is 15.4 Å². The molecule has 2 amide bonds. The summed E-state index contributed by atoms with van der Waals surface area (Å²) in [6, 6.07) is 20.4. The average molecular weight is 509 g/mol. The number of rotatable bonds is 7. The Hall–Kier alpha value is -3.91. The molecule has 2 N–H and O–H groups in total. The van der Waals surface area contributed by atoms with Crippen LogP contribution >= 0.6 is 15.9 Å². The van der Waals surface area contributed by atoms with E-state index in [-0.39, 0.29) is 24.2 Å². The van der Waals surface area contributed by atoms with E-state index in [9.17, 15) is 14.4 Å². The Bertz CT molecular complexity index is 1180. The molecule has 0 aliphatic carbocycles. The predicted molar refractivity (Wildman–Crippen MR) is 130 cm³/mol. The van der Waals surface area contributed by atoms with E-state index < -0.39 is 6.16 Å². The van der Waals surface area contributed by atoms with Crippen LogP contribution in [0.2, 0.25) is 0 Å². The highest BCUT2D eigenvalue weighted by molar-refractivity contribution is 9.10. The third-order valence-electron chi connectivity index (χ3n) is 4.24. The standard InChI is InChI=1S/C25H21BrN2O5/c1-2-32-25(31)33-22-12-10-18(11-13-22)24(30)28-21-8-4-7-20(16-21)27-23(29)14-9-17-5-3-6-19(26)15-17/h3-16H,2H2,1H3,(H,27,29)(H,28,30)/b14-9+. The number of benzene rings is 3. The molecular formula is C25H21BrN2O5. The van der Waals surface area contributed by atoms with Gasteiger partial charge >= 0.3 is 6.16 Å². The molecule has 0 spiro atoms. The summed E-state index contributed by atoms with van der Waals surface area (Å²) in [5.41, 5.74) is 2.31. The maximum absolute atomic E-state index is 12.5. The van der Waals surface area contributed by atoms with Gasteiger partial charge in [-0.25, -0.2) is 4.79 Å². The van der Waals surface area contributed by atoms with Gasteiger partial charge in [0.2, 0.25) is 5.91 Å². The van der Waals surface area contributed by atoms with Crippen LogP contribution in [0.4, 0.5) is 16.2 Å². The number of halogens is 1. The van der Waals surface area contributed by atoms with Crippen molar-refractivity contribution < 1.29 is 23.9 Å². The van der Waals surface area contributed by atoms with E-state index in [0.717, 1.165) is 10.0 Å². The molecule has 0 bridgehead atoms. The van der Waals surface area contributed by atoms with Crippen molar-refractivity contribution in [1.29, 1.82) is 0 Å². The first-order chi connectivity index (χ1) is 15.9. The number of ether oxygens (including phenoxy) is 2. The number of anilines is 2. The lowest BCUT2D eigenvalue weighted by Crippen LogP contribution is -2.13. The Morgan fingerprint density at radius 3 is 2.30 bits per heavy atom. The quantitative estimate of drug-likeness (QED) is 0.235. The van der Waals surface area contributed by atoms with Gasteiger partial charge < -0.3 is 20.1 Å². The molecule has 0 aliphatic rings. The molecule has 8 heteroatoms. The summed E-state index contributed by atoms with van der Waals surface area (Å²) in [4.78, 5) is 36.1. The number of hydrogen-bond donors (Lipinski definition) is 2.